The van der Waals surface area contributed by atoms with Crippen LogP contribution in [0.5, 0.6) is 0 Å². The minimum absolute atomic E-state index is 0.138. The Balaban J connectivity index is 1.90. The van der Waals surface area contributed by atoms with Crippen LogP contribution in [0.3, 0.4) is 0 Å². The maximum Gasteiger partial charge on any atom is 0.232 e. The summed E-state index contributed by atoms with van der Waals surface area (Å²) in [5.41, 5.74) is 0.511. The third-order valence-corrected chi connectivity index (χ3v) is 7.65. The Morgan fingerprint density at radius 2 is 1.35 bits per heavy atom. The summed E-state index contributed by atoms with van der Waals surface area (Å²) < 4.78 is 13.8. The van der Waals surface area contributed by atoms with Gasteiger partial charge in [0.25, 0.3) is 0 Å². The van der Waals surface area contributed by atoms with Gasteiger partial charge in [0.15, 0.2) is 7.14 Å². The molecule has 0 bridgehead atoms. The Morgan fingerprint density at radius 3 is 1.85 bits per heavy atom. The van der Waals surface area contributed by atoms with Gasteiger partial charge in [-0.15, -0.1) is 0 Å². The largest absolute Gasteiger partial charge is 0.326 e. The number of hydrogen-bond donors (Lipinski definition) is 1. The van der Waals surface area contributed by atoms with E-state index in [1.165, 1.54) is 0 Å². The number of hydrogen-bond acceptors (Lipinski definition) is 2. The average molecular weight is 404 g/mol. The molecule has 1 N–H and O–H groups in total. The molecule has 3 aromatic rings. The summed E-state index contributed by atoms with van der Waals surface area (Å²) in [6.07, 6.45) is -0.138. The van der Waals surface area contributed by atoms with E-state index >= 15 is 0 Å². The van der Waals surface area contributed by atoms with Crippen molar-refractivity contribution < 1.29 is 9.36 Å². The molecule has 0 aliphatic rings. The molecule has 0 fully saturated rings. The molecule has 3 aromatic carbocycles. The van der Waals surface area contributed by atoms with Gasteiger partial charge < -0.3 is 9.88 Å². The fourth-order valence-corrected chi connectivity index (χ4v) is 5.40. The van der Waals surface area contributed by atoms with E-state index in [0.717, 1.165) is 0 Å². The average Bonchev–Trinajstić information content (AvgIpc) is 2.66. The smallest absolute Gasteiger partial charge is 0.232 e. The Bertz CT molecular complexity index is 919. The van der Waals surface area contributed by atoms with Crippen molar-refractivity contribution in [3.8, 4) is 0 Å². The molecule has 0 saturated carbocycles. The quantitative estimate of drug-likeness (QED) is 0.612. The third-order valence-electron chi connectivity index (χ3n) is 3.92. The predicted octanol–water partition coefficient (Wildman–Crippen LogP) is 4.95. The van der Waals surface area contributed by atoms with Gasteiger partial charge in [0, 0.05) is 16.3 Å². The van der Waals surface area contributed by atoms with Crippen molar-refractivity contribution in [3.05, 3.63) is 88.9 Å². The van der Waals surface area contributed by atoms with Gasteiger partial charge in [-0.25, -0.2) is 0 Å². The number of nitrogens with one attached hydrogen (secondary N) is 1. The molecule has 6 heteroatoms. The third kappa shape index (κ3) is 4.19. The minimum atomic E-state index is -3.11. The second-order valence-electron chi connectivity index (χ2n) is 5.75. The first-order valence-electron chi connectivity index (χ1n) is 7.94. The van der Waals surface area contributed by atoms with E-state index in [0.29, 0.717) is 26.3 Å². The second-order valence-corrected chi connectivity index (χ2v) is 9.39. The van der Waals surface area contributed by atoms with E-state index in [4.69, 9.17) is 23.2 Å². The van der Waals surface area contributed by atoms with Crippen LogP contribution in [0.15, 0.2) is 78.9 Å². The molecular formula is C20H16Cl2NO2P. The fourth-order valence-electron chi connectivity index (χ4n) is 2.65. The van der Waals surface area contributed by atoms with Gasteiger partial charge in [0.2, 0.25) is 5.91 Å². The van der Waals surface area contributed by atoms with Crippen molar-refractivity contribution in [2.24, 2.45) is 0 Å². The van der Waals surface area contributed by atoms with E-state index in [1.54, 1.807) is 42.5 Å². The minimum Gasteiger partial charge on any atom is -0.326 e. The zero-order chi connectivity index (χ0) is 18.6. The zero-order valence-corrected chi connectivity index (χ0v) is 16.1. The number of benzene rings is 3. The Kier molecular flexibility index (Phi) is 5.83. The summed E-state index contributed by atoms with van der Waals surface area (Å²) in [6.45, 7) is 0. The number of halogens is 2. The lowest BCUT2D eigenvalue weighted by Gasteiger charge is -2.19. The van der Waals surface area contributed by atoms with Gasteiger partial charge in [-0.05, 0) is 18.2 Å². The first kappa shape index (κ1) is 18.7. The highest BCUT2D eigenvalue weighted by Crippen LogP contribution is 2.43. The standard InChI is InChI=1S/C20H16Cl2NO2P/c21-18-12-11-15(13-19(18)22)23-20(24)14-26(25,16-7-3-1-4-8-16)17-9-5-2-6-10-17/h1-13H,14H2,(H,23,24). The van der Waals surface area contributed by atoms with Crippen LogP contribution in [-0.2, 0) is 9.36 Å². The van der Waals surface area contributed by atoms with Crippen molar-refractivity contribution in [2.75, 3.05) is 11.5 Å². The maximum atomic E-state index is 13.8. The van der Waals surface area contributed by atoms with Crippen molar-refractivity contribution in [3.63, 3.8) is 0 Å². The number of amides is 1. The van der Waals surface area contributed by atoms with Crippen molar-refractivity contribution in [1.29, 1.82) is 0 Å². The lowest BCUT2D eigenvalue weighted by Crippen LogP contribution is -2.26. The van der Waals surface area contributed by atoms with Crippen molar-refractivity contribution >= 4 is 52.5 Å². The van der Waals surface area contributed by atoms with Crippen LogP contribution in [0.25, 0.3) is 0 Å². The summed E-state index contributed by atoms with van der Waals surface area (Å²) in [5.74, 6) is -0.348. The molecule has 0 atom stereocenters. The molecule has 3 nitrogen and oxygen atoms in total. The number of carbonyl (C=O) groups excluding carboxylic acids is 1. The SMILES string of the molecule is O=C(CP(=O)(c1ccccc1)c1ccccc1)Nc1ccc(Cl)c(Cl)c1. The number of anilines is 1. The summed E-state index contributed by atoms with van der Waals surface area (Å²) in [6, 6.07) is 23.0. The molecule has 0 aliphatic heterocycles. The van der Waals surface area contributed by atoms with Gasteiger partial charge in [-0.3, -0.25) is 4.79 Å². The van der Waals surface area contributed by atoms with Crippen LogP contribution < -0.4 is 15.9 Å². The summed E-state index contributed by atoms with van der Waals surface area (Å²) in [4.78, 5) is 12.6. The van der Waals surface area contributed by atoms with Crippen LogP contribution in [0, 0.1) is 0 Å². The lowest BCUT2D eigenvalue weighted by molar-refractivity contribution is -0.113. The monoisotopic (exact) mass is 403 g/mol. The van der Waals surface area contributed by atoms with Crippen molar-refractivity contribution in [2.45, 2.75) is 0 Å². The van der Waals surface area contributed by atoms with Gasteiger partial charge in [-0.1, -0.05) is 83.9 Å². The summed E-state index contributed by atoms with van der Waals surface area (Å²) in [7, 11) is -3.11. The van der Waals surface area contributed by atoms with E-state index in [2.05, 4.69) is 5.32 Å². The topological polar surface area (TPSA) is 46.2 Å². The molecule has 0 radical (unpaired) electrons. The normalized spacial score (nSPS) is 11.2. The fraction of sp³-hybridized carbons (Fsp3) is 0.0500. The van der Waals surface area contributed by atoms with E-state index in [9.17, 15) is 9.36 Å². The molecule has 0 spiro atoms. The molecule has 26 heavy (non-hydrogen) atoms. The van der Waals surface area contributed by atoms with Gasteiger partial charge in [-0.2, -0.15) is 0 Å². The van der Waals surface area contributed by atoms with Crippen LogP contribution in [0.1, 0.15) is 0 Å². The molecular weight excluding hydrogens is 388 g/mol. The molecule has 1 amide bonds. The van der Waals surface area contributed by atoms with Crippen LogP contribution in [0.4, 0.5) is 5.69 Å². The number of rotatable bonds is 5. The lowest BCUT2D eigenvalue weighted by atomic mass is 10.3. The maximum absolute atomic E-state index is 13.8. The predicted molar refractivity (Wildman–Crippen MR) is 110 cm³/mol. The number of carbonyl (C=O) groups is 1. The Labute approximate surface area is 162 Å². The van der Waals surface area contributed by atoms with E-state index in [1.807, 2.05) is 36.4 Å². The Hall–Kier alpha value is -2.06. The van der Waals surface area contributed by atoms with Gasteiger partial charge >= 0.3 is 0 Å². The first-order chi connectivity index (χ1) is 12.5. The van der Waals surface area contributed by atoms with Crippen LogP contribution in [-0.4, -0.2) is 12.1 Å². The molecule has 132 valence electrons. The Morgan fingerprint density at radius 1 is 0.808 bits per heavy atom. The van der Waals surface area contributed by atoms with Gasteiger partial charge in [0.1, 0.15) is 0 Å². The molecule has 3 rings (SSSR count). The molecule has 0 saturated heterocycles. The highest BCUT2D eigenvalue weighted by Gasteiger charge is 2.30. The summed E-state index contributed by atoms with van der Waals surface area (Å²) >= 11 is 11.9. The zero-order valence-electron chi connectivity index (χ0n) is 13.7. The highest BCUT2D eigenvalue weighted by molar-refractivity contribution is 7.79. The molecule has 0 heterocycles. The molecule has 0 aliphatic carbocycles. The van der Waals surface area contributed by atoms with E-state index < -0.39 is 7.14 Å². The van der Waals surface area contributed by atoms with Crippen LogP contribution >= 0.6 is 30.3 Å². The molecule has 0 aromatic heterocycles. The summed E-state index contributed by atoms with van der Waals surface area (Å²) in [5, 5.41) is 4.80. The van der Waals surface area contributed by atoms with Crippen molar-refractivity contribution in [1.82, 2.24) is 0 Å². The molecule has 0 unspecified atom stereocenters. The highest BCUT2D eigenvalue weighted by atomic mass is 35.5. The van der Waals surface area contributed by atoms with Crippen LogP contribution in [0.2, 0.25) is 10.0 Å². The second kappa shape index (κ2) is 8.09. The van der Waals surface area contributed by atoms with Gasteiger partial charge in [0.05, 0.1) is 16.2 Å². The first-order valence-corrected chi connectivity index (χ1v) is 10.6. The van der Waals surface area contributed by atoms with E-state index in [-0.39, 0.29) is 12.1 Å².